The van der Waals surface area contributed by atoms with Gasteiger partial charge in [-0.1, -0.05) is 86.5 Å². The average molecular weight is 1550 g/mol. The van der Waals surface area contributed by atoms with Gasteiger partial charge < -0.3 is 54.1 Å². The molecule has 11 rings (SSSR count). The monoisotopic (exact) mass is 1550 g/mol. The second-order valence-corrected chi connectivity index (χ2v) is 37.5. The number of phenols is 1. The van der Waals surface area contributed by atoms with Crippen molar-refractivity contribution in [3.05, 3.63) is 142 Å². The van der Waals surface area contributed by atoms with E-state index in [-0.39, 0.29) is 132 Å². The molecule has 105 heavy (non-hydrogen) atoms. The molecule has 562 valence electrons. The summed E-state index contributed by atoms with van der Waals surface area (Å²) >= 11 is 10.8. The number of anilines is 2. The molecule has 5 amide bonds. The molecule has 0 bridgehead atoms. The maximum absolute atomic E-state index is 13.5. The predicted molar refractivity (Wildman–Crippen MR) is 415 cm³/mol. The van der Waals surface area contributed by atoms with Crippen LogP contribution in [0.15, 0.2) is 118 Å². The third-order valence-corrected chi connectivity index (χ3v) is 25.3. The molecule has 0 radical (unpaired) electrons. The summed E-state index contributed by atoms with van der Waals surface area (Å²) in [5.41, 5.74) is 8.56. The number of benzene rings is 4. The van der Waals surface area contributed by atoms with Gasteiger partial charge in [-0.25, -0.2) is 0 Å². The van der Waals surface area contributed by atoms with E-state index >= 15 is 0 Å². The zero-order valence-corrected chi connectivity index (χ0v) is 65.3. The van der Waals surface area contributed by atoms with Gasteiger partial charge in [-0.3, -0.25) is 52.3 Å². The number of aromatic nitrogens is 1. The summed E-state index contributed by atoms with van der Waals surface area (Å²) in [6.07, 6.45) is 15.0. The number of rotatable bonds is 25. The van der Waals surface area contributed by atoms with Gasteiger partial charge in [0.05, 0.1) is 97.1 Å². The molecule has 26 nitrogen and oxygen atoms in total. The Kier molecular flexibility index (Phi) is 26.0. The van der Waals surface area contributed by atoms with Crippen LogP contribution in [0.5, 0.6) is 34.5 Å². The molecule has 0 aliphatic carbocycles. The molecule has 32 heteroatoms. The highest BCUT2D eigenvalue weighted by Crippen LogP contribution is 2.42. The first-order valence-electron chi connectivity index (χ1n) is 33.1. The first-order chi connectivity index (χ1) is 49.4. The molecule has 1 aromatic heterocycles. The summed E-state index contributed by atoms with van der Waals surface area (Å²) in [5.74, 6) is 1.11. The highest BCUT2D eigenvalue weighted by Gasteiger charge is 2.38. The van der Waals surface area contributed by atoms with Crippen LogP contribution in [0.2, 0.25) is 0 Å². The standard InChI is InChI=1S/C43H47N5O7S2.C16H26N2O7S4.C14H14N2O3/c1-25-10-30-19-44-34-17-38(36(52-5)15-32(34)41(50)47(30)21-25)54-23-27-12-28(14-29(13-27)46-40(49)8-9-43(3,4)57(7)56)24-55-39-18-35-33(16-37(39)53-6)42(51)48-22-26(2)11-31(48)20-45-35;1-16(2,27(3)26)7-6-15(19)18-12-8-13(10-24-28(4,20)21)17-14(9-12)11-25-29(5,22)23;1-8-3-9-6-15-11-5-12(17)13(19-2)4-10(11)14(18)16(9)7-8/h12-20,30-31H,1-2,8-11,21-24H2,3-7H3,(H,46,49);8-9H,6-7,10-11H2,1-5H3,(H,17,18,19);4-6,9,17H,1,3,7H2,2H3/t30-,31-,57?;;9-/m0.0/s1. The van der Waals surface area contributed by atoms with Crippen LogP contribution in [0.1, 0.15) is 126 Å². The number of phenolic OH excluding ortho intramolecular Hbond substituents is 1. The number of ether oxygens (including phenoxy) is 5. The Hall–Kier alpha value is -8.63. The number of amides is 5. The second-order valence-electron chi connectivity index (χ2n) is 27.2. The number of pyridine rings is 1. The number of aromatic hydroxyl groups is 1. The van der Waals surface area contributed by atoms with Gasteiger partial charge in [0.1, 0.15) is 26.4 Å². The number of nitrogens with zero attached hydrogens (tertiary/aromatic N) is 7. The molecule has 3 saturated heterocycles. The molecule has 5 atom stereocenters. The Balaban J connectivity index is 0.000000219. The van der Waals surface area contributed by atoms with E-state index < -0.39 is 20.2 Å². The van der Waals surface area contributed by atoms with Gasteiger partial charge >= 0.3 is 0 Å². The van der Waals surface area contributed by atoms with Crippen molar-refractivity contribution in [1.82, 2.24) is 19.7 Å². The molecule has 6 aliphatic rings. The number of methoxy groups -OCH3 is 3. The first kappa shape index (κ1) is 80.5. The SMILES string of the molecule is C=C1C[C@H]2C=Nc3cc(O)c(OC)cc3C(=O)N2C1.C=C1C[C@H]2C=Nc3cc(OCc4cc(COc5cc6c(cc5OC)C(=O)N5CC(=C)C[C@H]5C=N6)cc(NC(=O)CCC(C)(C)S(C)=S)c4)c(OC)cc3C(=O)N2C1.CS(=S)C(C)(C)CCC(=O)Nc1cc(COS(C)(=O)=O)nc(COS(C)(=O)=O)c1. The van der Waals surface area contributed by atoms with Crippen molar-refractivity contribution < 1.29 is 78.0 Å². The molecule has 4 aromatic carbocycles. The van der Waals surface area contributed by atoms with Crippen LogP contribution in [-0.4, -0.2) is 183 Å². The van der Waals surface area contributed by atoms with Gasteiger partial charge in [0.25, 0.3) is 38.0 Å². The lowest BCUT2D eigenvalue weighted by atomic mass is 10.1. The predicted octanol–water partition coefficient (Wildman–Crippen LogP) is 10.2. The van der Waals surface area contributed by atoms with Gasteiger partial charge in [-0.2, -0.15) is 16.8 Å². The van der Waals surface area contributed by atoms with Crippen molar-refractivity contribution in [3.63, 3.8) is 0 Å². The number of carbonyl (C=O) groups is 5. The minimum absolute atomic E-state index is 0.0160. The fourth-order valence-electron chi connectivity index (χ4n) is 11.8. The molecule has 0 saturated carbocycles. The normalized spacial score (nSPS) is 17.9. The fraction of sp³-hybridized carbons (Fsp3) is 0.411. The lowest BCUT2D eigenvalue weighted by molar-refractivity contribution is -0.117. The quantitative estimate of drug-likeness (QED) is 0.0361. The van der Waals surface area contributed by atoms with E-state index in [1.165, 1.54) is 45.6 Å². The summed E-state index contributed by atoms with van der Waals surface area (Å²) in [5, 5.41) is 15.5. The van der Waals surface area contributed by atoms with Gasteiger partial charge in [0.2, 0.25) is 11.8 Å². The summed E-state index contributed by atoms with van der Waals surface area (Å²) in [7, 11) is -3.45. The lowest BCUT2D eigenvalue weighted by Crippen LogP contribution is -2.35. The third kappa shape index (κ3) is 21.1. The third-order valence-electron chi connectivity index (χ3n) is 18.0. The molecule has 2 unspecified atom stereocenters. The highest BCUT2D eigenvalue weighted by atomic mass is 32.8. The van der Waals surface area contributed by atoms with Crippen molar-refractivity contribution in [3.8, 4) is 34.5 Å². The molecule has 3 N–H and O–H groups in total. The van der Waals surface area contributed by atoms with Crippen LogP contribution < -0.4 is 34.3 Å². The van der Waals surface area contributed by atoms with Crippen molar-refractivity contribution in [2.75, 3.05) is 76.6 Å². The molecule has 7 heterocycles. The highest BCUT2D eigenvalue weighted by molar-refractivity contribution is 8.29. The fourth-order valence-corrected chi connectivity index (χ4v) is 13.8. The molecular weight excluding hydrogens is 1470 g/mol. The van der Waals surface area contributed by atoms with Gasteiger partial charge in [0.15, 0.2) is 34.5 Å². The molecule has 3 fully saturated rings. The van der Waals surface area contributed by atoms with E-state index in [1.54, 1.807) is 57.6 Å². The topological polar surface area (TPSA) is 322 Å². The van der Waals surface area contributed by atoms with Gasteiger partial charge in [-0.15, -0.1) is 18.9 Å². The zero-order valence-electron chi connectivity index (χ0n) is 60.4. The van der Waals surface area contributed by atoms with E-state index in [0.29, 0.717) is 120 Å². The summed E-state index contributed by atoms with van der Waals surface area (Å²) in [6, 6.07) is 18.0. The van der Waals surface area contributed by atoms with E-state index in [4.69, 9.17) is 54.4 Å². The van der Waals surface area contributed by atoms with E-state index in [0.717, 1.165) is 46.8 Å². The molecule has 0 spiro atoms. The number of hydrogen-bond donors (Lipinski definition) is 3. The Bertz CT molecular complexity index is 4510. The van der Waals surface area contributed by atoms with Gasteiger partial charge in [-0.05, 0) is 104 Å². The Morgan fingerprint density at radius 1 is 0.533 bits per heavy atom. The van der Waals surface area contributed by atoms with E-state index in [2.05, 4.69) is 64.2 Å². The van der Waals surface area contributed by atoms with Crippen LogP contribution in [-0.2, 0) is 106 Å². The summed E-state index contributed by atoms with van der Waals surface area (Å²) in [4.78, 5) is 88.1. The van der Waals surface area contributed by atoms with E-state index in [9.17, 15) is 45.9 Å². The van der Waals surface area contributed by atoms with E-state index in [1.807, 2.05) is 44.6 Å². The number of aliphatic imine (C=N–C) groups is 3. The summed E-state index contributed by atoms with van der Waals surface area (Å²) < 4.78 is 83.1. The van der Waals surface area contributed by atoms with Crippen molar-refractivity contribution in [2.24, 2.45) is 15.0 Å². The minimum atomic E-state index is -3.70. The molecule has 6 aliphatic heterocycles. The van der Waals surface area contributed by atoms with Crippen LogP contribution in [0.4, 0.5) is 28.4 Å². The molecular formula is C73H87N9O17S6. The van der Waals surface area contributed by atoms with Crippen molar-refractivity contribution in [1.29, 1.82) is 0 Å². The number of fused-ring (bicyclic) bond motifs is 6. The Labute approximate surface area is 626 Å². The van der Waals surface area contributed by atoms with Crippen LogP contribution in [0.3, 0.4) is 0 Å². The Morgan fingerprint density at radius 3 is 1.22 bits per heavy atom. The van der Waals surface area contributed by atoms with Crippen molar-refractivity contribution in [2.45, 2.75) is 127 Å². The number of nitrogens with one attached hydrogen (secondary N) is 2. The van der Waals surface area contributed by atoms with Crippen molar-refractivity contribution >= 4 is 138 Å². The minimum Gasteiger partial charge on any atom is -0.504 e. The maximum atomic E-state index is 13.5. The van der Waals surface area contributed by atoms with Crippen LogP contribution >= 0.6 is 0 Å². The zero-order chi connectivity index (χ0) is 76.6. The lowest BCUT2D eigenvalue weighted by Gasteiger charge is -2.24. The largest absolute Gasteiger partial charge is 0.504 e. The van der Waals surface area contributed by atoms with Crippen LogP contribution in [0.25, 0.3) is 0 Å². The molecule has 5 aromatic rings. The second kappa shape index (κ2) is 33.9. The average Bonchev–Trinajstić information content (AvgIpc) is 1.68. The number of hydrogen-bond acceptors (Lipinski definition) is 23. The first-order valence-corrected chi connectivity index (χ1v) is 41.9. The van der Waals surface area contributed by atoms with Crippen LogP contribution in [0, 0.1) is 0 Å². The smallest absolute Gasteiger partial charge is 0.264 e. The summed E-state index contributed by atoms with van der Waals surface area (Å²) in [6.45, 7) is 21.2. The maximum Gasteiger partial charge on any atom is 0.264 e. The Morgan fingerprint density at radius 2 is 0.876 bits per heavy atom. The van der Waals surface area contributed by atoms with Gasteiger partial charge in [0, 0.05) is 90.2 Å². The number of carbonyl (C=O) groups excluding carboxylic acids is 5.